The quantitative estimate of drug-likeness (QED) is 0.850. The van der Waals surface area contributed by atoms with E-state index < -0.39 is 5.97 Å². The van der Waals surface area contributed by atoms with Crippen LogP contribution in [0.4, 0.5) is 5.69 Å². The van der Waals surface area contributed by atoms with E-state index in [4.69, 9.17) is 16.3 Å². The molecule has 1 aromatic rings. The van der Waals surface area contributed by atoms with E-state index in [-0.39, 0.29) is 21.8 Å². The average Bonchev–Trinajstić information content (AvgIpc) is 3.07. The highest BCUT2D eigenvalue weighted by atomic mass is 35.5. The van der Waals surface area contributed by atoms with E-state index in [2.05, 4.69) is 30.9 Å². The highest BCUT2D eigenvalue weighted by Crippen LogP contribution is 2.56. The molecule has 0 radical (unpaired) electrons. The van der Waals surface area contributed by atoms with E-state index in [1.54, 1.807) is 12.1 Å². The minimum Gasteiger partial charge on any atom is -0.478 e. The second kappa shape index (κ2) is 4.27. The summed E-state index contributed by atoms with van der Waals surface area (Å²) in [6.45, 7) is 6.05. The largest absolute Gasteiger partial charge is 0.478 e. The fourth-order valence-electron chi connectivity index (χ4n) is 4.32. The van der Waals surface area contributed by atoms with Gasteiger partial charge in [0.15, 0.2) is 0 Å². The molecule has 4 atom stereocenters. The van der Waals surface area contributed by atoms with Gasteiger partial charge in [-0.05, 0) is 32.0 Å². The summed E-state index contributed by atoms with van der Waals surface area (Å²) in [4.78, 5) is 13.5. The summed E-state index contributed by atoms with van der Waals surface area (Å²) in [5.41, 5.74) is 0.681. The van der Waals surface area contributed by atoms with Crippen LogP contribution in [0, 0.1) is 11.8 Å². The fraction of sp³-hybridized carbons (Fsp3) is 0.471. The summed E-state index contributed by atoms with van der Waals surface area (Å²) < 4.78 is 6.23. The van der Waals surface area contributed by atoms with Crippen LogP contribution in [0.25, 0.3) is 0 Å². The maximum absolute atomic E-state index is 11.3. The Balaban J connectivity index is 1.65. The van der Waals surface area contributed by atoms with Crippen LogP contribution in [0.1, 0.15) is 24.2 Å². The minimum absolute atomic E-state index is 0.158. The zero-order valence-electron chi connectivity index (χ0n) is 12.5. The van der Waals surface area contributed by atoms with Crippen molar-refractivity contribution in [2.24, 2.45) is 11.8 Å². The summed E-state index contributed by atoms with van der Waals surface area (Å²) in [5, 5.41) is 9.51. The van der Waals surface area contributed by atoms with Gasteiger partial charge in [0.2, 0.25) is 0 Å². The second-order valence-corrected chi connectivity index (χ2v) is 7.30. The third-order valence-corrected chi connectivity index (χ3v) is 5.85. The van der Waals surface area contributed by atoms with Crippen molar-refractivity contribution in [3.05, 3.63) is 40.9 Å². The van der Waals surface area contributed by atoms with Gasteiger partial charge < -0.3 is 14.7 Å². The Bertz CT molecular complexity index is 677. The number of rotatable bonds is 2. The van der Waals surface area contributed by atoms with E-state index in [1.807, 2.05) is 6.07 Å². The summed E-state index contributed by atoms with van der Waals surface area (Å²) in [5.74, 6) is -0.117. The number of carbonyl (C=O) groups is 1. The molecule has 0 aliphatic carbocycles. The molecule has 3 heterocycles. The van der Waals surface area contributed by atoms with Crippen LogP contribution >= 0.6 is 11.6 Å². The zero-order valence-corrected chi connectivity index (χ0v) is 13.3. The van der Waals surface area contributed by atoms with Crippen LogP contribution in [0.15, 0.2) is 30.4 Å². The Morgan fingerprint density at radius 1 is 1.27 bits per heavy atom. The number of fused-ring (bicyclic) bond motifs is 5. The van der Waals surface area contributed by atoms with Gasteiger partial charge in [-0.2, -0.15) is 0 Å². The van der Waals surface area contributed by atoms with Crippen molar-refractivity contribution in [3.63, 3.8) is 0 Å². The maximum atomic E-state index is 11.3. The van der Waals surface area contributed by atoms with Crippen molar-refractivity contribution in [2.75, 3.05) is 18.0 Å². The van der Waals surface area contributed by atoms with Gasteiger partial charge in [0, 0.05) is 30.6 Å². The smallest absolute Gasteiger partial charge is 0.337 e. The van der Waals surface area contributed by atoms with E-state index >= 15 is 0 Å². The highest BCUT2D eigenvalue weighted by molar-refractivity contribution is 6.33. The monoisotopic (exact) mass is 319 g/mol. The number of aromatic carboxylic acids is 1. The lowest BCUT2D eigenvalue weighted by Gasteiger charge is -2.27. The summed E-state index contributed by atoms with van der Waals surface area (Å²) in [6.07, 6.45) is 4.37. The summed E-state index contributed by atoms with van der Waals surface area (Å²) in [7, 11) is 0. The lowest BCUT2D eigenvalue weighted by molar-refractivity contribution is -0.0288. The van der Waals surface area contributed by atoms with Crippen LogP contribution in [0.2, 0.25) is 5.02 Å². The van der Waals surface area contributed by atoms with Gasteiger partial charge in [-0.1, -0.05) is 23.8 Å². The Morgan fingerprint density at radius 3 is 2.41 bits per heavy atom. The van der Waals surface area contributed by atoms with Gasteiger partial charge in [-0.3, -0.25) is 0 Å². The lowest BCUT2D eigenvalue weighted by atomic mass is 9.74. The first kappa shape index (κ1) is 14.1. The normalized spacial score (nSPS) is 38.6. The molecule has 0 spiro atoms. The molecule has 1 aromatic carbocycles. The van der Waals surface area contributed by atoms with Crippen molar-refractivity contribution in [2.45, 2.75) is 25.0 Å². The molecule has 3 aliphatic heterocycles. The number of hydrogen-bond donors (Lipinski definition) is 1. The van der Waals surface area contributed by atoms with Crippen LogP contribution in [-0.4, -0.2) is 35.4 Å². The van der Waals surface area contributed by atoms with E-state index in [1.165, 1.54) is 0 Å². The minimum atomic E-state index is -0.991. The zero-order chi connectivity index (χ0) is 15.7. The van der Waals surface area contributed by atoms with Crippen molar-refractivity contribution >= 4 is 23.3 Å². The highest BCUT2D eigenvalue weighted by Gasteiger charge is 2.62. The molecule has 0 amide bonds. The van der Waals surface area contributed by atoms with Crippen LogP contribution in [0.5, 0.6) is 0 Å². The first-order chi connectivity index (χ1) is 10.3. The Labute approximate surface area is 134 Å². The molecule has 1 N–H and O–H groups in total. The summed E-state index contributed by atoms with van der Waals surface area (Å²) >= 11 is 5.96. The molecule has 4 rings (SSSR count). The Hall–Kier alpha value is -1.52. The fourth-order valence-corrected chi connectivity index (χ4v) is 4.52. The molecule has 0 saturated carbocycles. The van der Waals surface area contributed by atoms with Crippen molar-refractivity contribution < 1.29 is 14.6 Å². The van der Waals surface area contributed by atoms with Gasteiger partial charge in [0.05, 0.1) is 21.8 Å². The SMILES string of the molecule is CC12C=CC(C)(O1)C1CN(c3ccc(Cl)c(C(=O)O)c3)CC12. The summed E-state index contributed by atoms with van der Waals surface area (Å²) in [6, 6.07) is 5.24. The van der Waals surface area contributed by atoms with Crippen LogP contribution < -0.4 is 4.90 Å². The molecule has 22 heavy (non-hydrogen) atoms. The van der Waals surface area contributed by atoms with E-state index in [0.29, 0.717) is 11.8 Å². The maximum Gasteiger partial charge on any atom is 0.337 e. The van der Waals surface area contributed by atoms with E-state index in [0.717, 1.165) is 18.8 Å². The number of benzene rings is 1. The lowest BCUT2D eigenvalue weighted by Crippen LogP contribution is -2.33. The Kier molecular flexibility index (Phi) is 2.73. The standard InChI is InChI=1S/C17H18ClNO3/c1-16-5-6-17(2,22-16)13-9-19(8-12(13)16)10-3-4-14(18)11(7-10)15(20)21/h3-7,12-13H,8-9H2,1-2H3,(H,20,21). The molecule has 3 aliphatic rings. The predicted octanol–water partition coefficient (Wildman–Crippen LogP) is 3.21. The number of anilines is 1. The first-order valence-electron chi connectivity index (χ1n) is 7.51. The van der Waals surface area contributed by atoms with Gasteiger partial charge >= 0.3 is 5.97 Å². The van der Waals surface area contributed by atoms with E-state index in [9.17, 15) is 9.90 Å². The topological polar surface area (TPSA) is 49.8 Å². The molecular weight excluding hydrogens is 302 g/mol. The first-order valence-corrected chi connectivity index (χ1v) is 7.88. The average molecular weight is 320 g/mol. The van der Waals surface area contributed by atoms with Crippen molar-refractivity contribution in [1.82, 2.24) is 0 Å². The van der Waals surface area contributed by atoms with Gasteiger partial charge in [0.1, 0.15) is 0 Å². The molecule has 116 valence electrons. The molecule has 4 unspecified atom stereocenters. The van der Waals surface area contributed by atoms with Gasteiger partial charge in [-0.25, -0.2) is 4.79 Å². The second-order valence-electron chi connectivity index (χ2n) is 6.89. The third kappa shape index (κ3) is 1.77. The molecule has 5 heteroatoms. The molecule has 2 bridgehead atoms. The van der Waals surface area contributed by atoms with Crippen molar-refractivity contribution in [3.8, 4) is 0 Å². The number of carboxylic acids is 1. The predicted molar refractivity (Wildman–Crippen MR) is 84.6 cm³/mol. The number of nitrogens with zero attached hydrogens (tertiary/aromatic N) is 1. The number of hydrogen-bond acceptors (Lipinski definition) is 3. The number of carboxylic acid groups (broad SMARTS) is 1. The van der Waals surface area contributed by atoms with Gasteiger partial charge in [0.25, 0.3) is 0 Å². The van der Waals surface area contributed by atoms with Gasteiger partial charge in [-0.15, -0.1) is 0 Å². The molecule has 2 fully saturated rings. The molecule has 0 aromatic heterocycles. The van der Waals surface area contributed by atoms with Crippen LogP contribution in [0.3, 0.4) is 0 Å². The van der Waals surface area contributed by atoms with Crippen LogP contribution in [-0.2, 0) is 4.74 Å². The van der Waals surface area contributed by atoms with Crippen molar-refractivity contribution in [1.29, 1.82) is 0 Å². The molecular formula is C17H18ClNO3. The number of halogens is 1. The Morgan fingerprint density at radius 2 is 1.86 bits per heavy atom. The molecule has 4 nitrogen and oxygen atoms in total. The number of ether oxygens (including phenoxy) is 1. The molecule has 2 saturated heterocycles. The third-order valence-electron chi connectivity index (χ3n) is 5.52.